The molecular formula is C20H18N6O2S2. The average molecular weight is 439 g/mol. The molecule has 0 aliphatic rings. The molecule has 0 radical (unpaired) electrons. The Balaban J connectivity index is 1.63. The normalized spacial score (nSPS) is 12.0. The molecule has 0 atom stereocenters. The molecule has 5 aromatic rings. The maximum absolute atomic E-state index is 13.0. The topological polar surface area (TPSA) is 87.1 Å². The summed E-state index contributed by atoms with van der Waals surface area (Å²) < 4.78 is 5.79. The lowest BCUT2D eigenvalue weighted by atomic mass is 10.2. The van der Waals surface area contributed by atoms with Gasteiger partial charge in [0.1, 0.15) is 10.5 Å². The standard InChI is InChI=1S/C20H18N6O2S2/c1-11(2)25-17(27)12-6-4-5-7-13(12)21-20(25)30-10-15-22-23-19-24(3)18(28)16-14(26(15)19)8-9-29-16/h4-9,11H,10H2,1-3H3. The van der Waals surface area contributed by atoms with Crippen molar-refractivity contribution in [2.24, 2.45) is 7.05 Å². The number of hydrogen-bond acceptors (Lipinski definition) is 7. The summed E-state index contributed by atoms with van der Waals surface area (Å²) in [6.07, 6.45) is 0. The van der Waals surface area contributed by atoms with Crippen molar-refractivity contribution in [2.75, 3.05) is 0 Å². The number of aromatic nitrogens is 6. The Hall–Kier alpha value is -2.98. The molecule has 0 saturated heterocycles. The van der Waals surface area contributed by atoms with Gasteiger partial charge >= 0.3 is 0 Å². The predicted octanol–water partition coefficient (Wildman–Crippen LogP) is 3.23. The van der Waals surface area contributed by atoms with Crippen LogP contribution in [0.2, 0.25) is 0 Å². The maximum atomic E-state index is 13.0. The lowest BCUT2D eigenvalue weighted by molar-refractivity contribution is 0.519. The quantitative estimate of drug-likeness (QED) is 0.316. The van der Waals surface area contributed by atoms with E-state index in [0.717, 1.165) is 5.52 Å². The smallest absolute Gasteiger partial charge is 0.272 e. The van der Waals surface area contributed by atoms with Gasteiger partial charge in [0.15, 0.2) is 5.16 Å². The van der Waals surface area contributed by atoms with Crippen molar-refractivity contribution >= 4 is 50.0 Å². The first kappa shape index (κ1) is 19.0. The van der Waals surface area contributed by atoms with E-state index in [1.807, 2.05) is 47.9 Å². The highest BCUT2D eigenvalue weighted by molar-refractivity contribution is 7.98. The number of thiophene rings is 1. The zero-order chi connectivity index (χ0) is 21.0. The lowest BCUT2D eigenvalue weighted by Crippen LogP contribution is -2.25. The summed E-state index contributed by atoms with van der Waals surface area (Å²) in [6, 6.07) is 9.26. The number of hydrogen-bond donors (Lipinski definition) is 0. The molecular weight excluding hydrogens is 420 g/mol. The van der Waals surface area contributed by atoms with Crippen molar-refractivity contribution in [1.82, 2.24) is 28.7 Å². The van der Waals surface area contributed by atoms with Gasteiger partial charge in [-0.15, -0.1) is 21.5 Å². The largest absolute Gasteiger partial charge is 0.285 e. The van der Waals surface area contributed by atoms with Crippen molar-refractivity contribution < 1.29 is 0 Å². The van der Waals surface area contributed by atoms with Gasteiger partial charge in [-0.05, 0) is 37.4 Å². The van der Waals surface area contributed by atoms with Gasteiger partial charge in [-0.1, -0.05) is 23.9 Å². The Morgan fingerprint density at radius 3 is 2.70 bits per heavy atom. The van der Waals surface area contributed by atoms with E-state index >= 15 is 0 Å². The monoisotopic (exact) mass is 438 g/mol. The van der Waals surface area contributed by atoms with Crippen molar-refractivity contribution in [2.45, 2.75) is 30.8 Å². The van der Waals surface area contributed by atoms with E-state index in [2.05, 4.69) is 10.2 Å². The van der Waals surface area contributed by atoms with Crippen molar-refractivity contribution in [3.8, 4) is 0 Å². The van der Waals surface area contributed by atoms with Gasteiger partial charge in [0.05, 0.1) is 22.2 Å². The van der Waals surface area contributed by atoms with Gasteiger partial charge < -0.3 is 0 Å². The molecule has 0 unspecified atom stereocenters. The molecule has 0 saturated carbocycles. The molecule has 0 fully saturated rings. The molecule has 1 aromatic carbocycles. The Morgan fingerprint density at radius 2 is 1.90 bits per heavy atom. The fraction of sp³-hybridized carbons (Fsp3) is 0.250. The van der Waals surface area contributed by atoms with E-state index in [1.54, 1.807) is 17.7 Å². The number of para-hydroxylation sites is 1. The van der Waals surface area contributed by atoms with Crippen LogP contribution in [0.4, 0.5) is 0 Å². The number of rotatable bonds is 4. The van der Waals surface area contributed by atoms with Gasteiger partial charge in [-0.25, -0.2) is 4.98 Å². The Kier molecular flexibility index (Phi) is 4.48. The van der Waals surface area contributed by atoms with Crippen LogP contribution in [0.25, 0.3) is 26.9 Å². The van der Waals surface area contributed by atoms with E-state index in [1.165, 1.54) is 27.7 Å². The van der Waals surface area contributed by atoms with Crippen LogP contribution < -0.4 is 11.1 Å². The minimum absolute atomic E-state index is 0.0309. The van der Waals surface area contributed by atoms with Crippen molar-refractivity contribution in [3.05, 3.63) is 62.2 Å². The van der Waals surface area contributed by atoms with Gasteiger partial charge in [0, 0.05) is 13.1 Å². The van der Waals surface area contributed by atoms with E-state index in [0.29, 0.717) is 38.1 Å². The Morgan fingerprint density at radius 1 is 1.10 bits per heavy atom. The fourth-order valence-electron chi connectivity index (χ4n) is 3.56. The van der Waals surface area contributed by atoms with Gasteiger partial charge in [-0.2, -0.15) is 0 Å². The van der Waals surface area contributed by atoms with Crippen molar-refractivity contribution in [1.29, 1.82) is 0 Å². The van der Waals surface area contributed by atoms with E-state index in [4.69, 9.17) is 4.98 Å². The van der Waals surface area contributed by atoms with Crippen LogP contribution in [0.1, 0.15) is 25.7 Å². The molecule has 4 aromatic heterocycles. The number of aryl methyl sites for hydroxylation is 1. The van der Waals surface area contributed by atoms with Gasteiger partial charge in [0.25, 0.3) is 11.1 Å². The molecule has 0 aliphatic carbocycles. The maximum Gasteiger partial charge on any atom is 0.272 e. The summed E-state index contributed by atoms with van der Waals surface area (Å²) in [4.78, 5) is 30.3. The van der Waals surface area contributed by atoms with E-state index in [9.17, 15) is 9.59 Å². The second-order valence-corrected chi connectivity index (χ2v) is 9.08. The van der Waals surface area contributed by atoms with Crippen LogP contribution in [-0.2, 0) is 12.8 Å². The van der Waals surface area contributed by atoms with Crippen LogP contribution in [0, 0.1) is 0 Å². The van der Waals surface area contributed by atoms with E-state index < -0.39 is 0 Å². The molecule has 0 aliphatic heterocycles. The zero-order valence-corrected chi connectivity index (χ0v) is 18.2. The van der Waals surface area contributed by atoms with Crippen LogP contribution in [0.3, 0.4) is 0 Å². The fourth-order valence-corrected chi connectivity index (χ4v) is 5.45. The summed E-state index contributed by atoms with van der Waals surface area (Å²) in [5.41, 5.74) is 1.35. The highest BCUT2D eigenvalue weighted by Gasteiger charge is 2.18. The third-order valence-corrected chi connectivity index (χ3v) is 6.86. The first-order valence-electron chi connectivity index (χ1n) is 9.41. The molecule has 0 amide bonds. The molecule has 10 heteroatoms. The zero-order valence-electron chi connectivity index (χ0n) is 16.6. The summed E-state index contributed by atoms with van der Waals surface area (Å²) >= 11 is 2.85. The minimum Gasteiger partial charge on any atom is -0.285 e. The molecule has 4 heterocycles. The molecule has 0 N–H and O–H groups in total. The number of benzene rings is 1. The summed E-state index contributed by atoms with van der Waals surface area (Å²) in [5.74, 6) is 1.66. The third-order valence-electron chi connectivity index (χ3n) is 5.02. The van der Waals surface area contributed by atoms with Gasteiger partial charge in [-0.3, -0.25) is 23.1 Å². The third kappa shape index (κ3) is 2.78. The van der Waals surface area contributed by atoms with E-state index in [-0.39, 0.29) is 17.2 Å². The Bertz CT molecular complexity index is 1540. The first-order chi connectivity index (χ1) is 14.5. The summed E-state index contributed by atoms with van der Waals surface area (Å²) in [7, 11) is 1.70. The summed E-state index contributed by atoms with van der Waals surface area (Å²) in [5, 5.41) is 11.7. The van der Waals surface area contributed by atoms with Crippen molar-refractivity contribution in [3.63, 3.8) is 0 Å². The number of nitrogens with zero attached hydrogens (tertiary/aromatic N) is 6. The molecule has 152 valence electrons. The highest BCUT2D eigenvalue weighted by Crippen LogP contribution is 2.26. The van der Waals surface area contributed by atoms with Crippen LogP contribution in [-0.4, -0.2) is 28.7 Å². The van der Waals surface area contributed by atoms with Crippen LogP contribution in [0.15, 0.2) is 50.5 Å². The minimum atomic E-state index is -0.0797. The van der Waals surface area contributed by atoms with Crippen LogP contribution >= 0.6 is 23.1 Å². The second kappa shape index (κ2) is 7.06. The average Bonchev–Trinajstić information content (AvgIpc) is 3.37. The predicted molar refractivity (Wildman–Crippen MR) is 120 cm³/mol. The molecule has 5 rings (SSSR count). The Labute approximate surface area is 178 Å². The van der Waals surface area contributed by atoms with Gasteiger partial charge in [0.2, 0.25) is 5.78 Å². The molecule has 0 bridgehead atoms. The number of fused-ring (bicyclic) bond motifs is 4. The molecule has 0 spiro atoms. The first-order valence-corrected chi connectivity index (χ1v) is 11.3. The second-order valence-electron chi connectivity index (χ2n) is 7.22. The molecule has 30 heavy (non-hydrogen) atoms. The molecule has 8 nitrogen and oxygen atoms in total. The SMILES string of the molecule is CC(C)n1c(SCc2nnc3n(C)c(=O)c4sccc4n23)nc2ccccc2c1=O. The number of thioether (sulfide) groups is 1. The lowest BCUT2D eigenvalue weighted by Gasteiger charge is -2.15. The highest BCUT2D eigenvalue weighted by atomic mass is 32.2. The summed E-state index contributed by atoms with van der Waals surface area (Å²) in [6.45, 7) is 3.94. The van der Waals surface area contributed by atoms with Crippen LogP contribution in [0.5, 0.6) is 0 Å².